The number of H-pyrrole nitrogens is 1. The quantitative estimate of drug-likeness (QED) is 0.784. The molecule has 1 amide bonds. The molecule has 5 nitrogen and oxygen atoms in total. The summed E-state index contributed by atoms with van der Waals surface area (Å²) in [6.45, 7) is 1.77. The van der Waals surface area contributed by atoms with Gasteiger partial charge in [0.1, 0.15) is 12.3 Å². The topological polar surface area (TPSA) is 58.2 Å². The maximum Gasteiger partial charge on any atom is 0.410 e. The Morgan fingerprint density at radius 3 is 2.72 bits per heavy atom. The summed E-state index contributed by atoms with van der Waals surface area (Å²) < 4.78 is 5.43. The lowest BCUT2D eigenvalue weighted by atomic mass is 9.94. The van der Waals surface area contributed by atoms with Crippen molar-refractivity contribution in [2.75, 3.05) is 13.1 Å². The van der Waals surface area contributed by atoms with Crippen molar-refractivity contribution in [3.05, 3.63) is 66.0 Å². The van der Waals surface area contributed by atoms with E-state index in [9.17, 15) is 4.79 Å². The van der Waals surface area contributed by atoms with Gasteiger partial charge in [-0.3, -0.25) is 0 Å². The largest absolute Gasteiger partial charge is 0.445 e. The van der Waals surface area contributed by atoms with Crippen molar-refractivity contribution in [1.82, 2.24) is 14.9 Å². The number of aromatic nitrogens is 2. The molecule has 3 aromatic rings. The maximum atomic E-state index is 12.2. The number of aromatic amines is 1. The van der Waals surface area contributed by atoms with Gasteiger partial charge in [-0.25, -0.2) is 9.78 Å². The van der Waals surface area contributed by atoms with Crippen LogP contribution in [0.25, 0.3) is 11.0 Å². The van der Waals surface area contributed by atoms with E-state index in [0.717, 1.165) is 42.5 Å². The van der Waals surface area contributed by atoms with E-state index in [4.69, 9.17) is 4.74 Å². The average molecular weight is 335 g/mol. The van der Waals surface area contributed by atoms with E-state index in [1.54, 1.807) is 11.1 Å². The molecule has 5 heteroatoms. The van der Waals surface area contributed by atoms with Gasteiger partial charge in [0.2, 0.25) is 0 Å². The normalized spacial score (nSPS) is 15.4. The van der Waals surface area contributed by atoms with Crippen LogP contribution in [0.15, 0.2) is 54.7 Å². The first kappa shape index (κ1) is 15.7. The van der Waals surface area contributed by atoms with Crippen molar-refractivity contribution in [3.8, 4) is 0 Å². The highest BCUT2D eigenvalue weighted by Gasteiger charge is 2.25. The van der Waals surface area contributed by atoms with Gasteiger partial charge in [0.05, 0.1) is 0 Å². The van der Waals surface area contributed by atoms with E-state index >= 15 is 0 Å². The van der Waals surface area contributed by atoms with E-state index in [1.807, 2.05) is 36.4 Å². The van der Waals surface area contributed by atoms with Crippen molar-refractivity contribution in [3.63, 3.8) is 0 Å². The number of nitrogens with zero attached hydrogens (tertiary/aromatic N) is 2. The van der Waals surface area contributed by atoms with Crippen LogP contribution in [0, 0.1) is 0 Å². The summed E-state index contributed by atoms with van der Waals surface area (Å²) in [7, 11) is 0. The molecule has 4 rings (SSSR count). The van der Waals surface area contributed by atoms with Gasteiger partial charge in [-0.1, -0.05) is 30.3 Å². The van der Waals surface area contributed by atoms with Gasteiger partial charge < -0.3 is 14.6 Å². The van der Waals surface area contributed by atoms with Gasteiger partial charge in [0, 0.05) is 36.3 Å². The zero-order chi connectivity index (χ0) is 17.1. The van der Waals surface area contributed by atoms with Crippen molar-refractivity contribution >= 4 is 17.1 Å². The molecule has 0 bridgehead atoms. The van der Waals surface area contributed by atoms with Crippen molar-refractivity contribution in [2.45, 2.75) is 25.4 Å². The minimum atomic E-state index is -0.222. The summed E-state index contributed by atoms with van der Waals surface area (Å²) in [5.41, 5.74) is 3.16. The smallest absolute Gasteiger partial charge is 0.410 e. The highest BCUT2D eigenvalue weighted by Crippen LogP contribution is 2.29. The summed E-state index contributed by atoms with van der Waals surface area (Å²) in [5.74, 6) is 0.437. The molecule has 128 valence electrons. The molecule has 0 radical (unpaired) electrons. The summed E-state index contributed by atoms with van der Waals surface area (Å²) in [6.07, 6.45) is 3.45. The van der Waals surface area contributed by atoms with Crippen LogP contribution in [0.3, 0.4) is 0 Å². The molecule has 3 heterocycles. The number of hydrogen-bond acceptors (Lipinski definition) is 3. The van der Waals surface area contributed by atoms with Gasteiger partial charge in [0.15, 0.2) is 0 Å². The fraction of sp³-hybridized carbons (Fsp3) is 0.300. The molecule has 1 aliphatic rings. The zero-order valence-electron chi connectivity index (χ0n) is 14.0. The predicted molar refractivity (Wildman–Crippen MR) is 96.3 cm³/mol. The monoisotopic (exact) mass is 335 g/mol. The lowest BCUT2D eigenvalue weighted by molar-refractivity contribution is 0.0868. The lowest BCUT2D eigenvalue weighted by Gasteiger charge is -2.30. The van der Waals surface area contributed by atoms with Crippen LogP contribution in [0.2, 0.25) is 0 Å². The molecule has 1 aliphatic heterocycles. The molecule has 0 aliphatic carbocycles. The van der Waals surface area contributed by atoms with Gasteiger partial charge in [-0.05, 0) is 36.6 Å². The van der Waals surface area contributed by atoms with Gasteiger partial charge in [-0.15, -0.1) is 0 Å². The van der Waals surface area contributed by atoms with Crippen LogP contribution < -0.4 is 0 Å². The first-order chi connectivity index (χ1) is 12.3. The third-order valence-electron chi connectivity index (χ3n) is 4.81. The molecule has 25 heavy (non-hydrogen) atoms. The maximum absolute atomic E-state index is 12.2. The second-order valence-electron chi connectivity index (χ2n) is 6.47. The number of nitrogens with one attached hydrogen (secondary N) is 1. The average Bonchev–Trinajstić information content (AvgIpc) is 3.11. The minimum Gasteiger partial charge on any atom is -0.445 e. The van der Waals surface area contributed by atoms with Crippen LogP contribution in [-0.2, 0) is 11.3 Å². The molecule has 1 N–H and O–H groups in total. The second-order valence-corrected chi connectivity index (χ2v) is 6.47. The number of rotatable bonds is 3. The Labute approximate surface area is 146 Å². The van der Waals surface area contributed by atoms with Gasteiger partial charge in [-0.2, -0.15) is 0 Å². The Hall–Kier alpha value is -2.82. The molecule has 1 aromatic carbocycles. The van der Waals surface area contributed by atoms with E-state index in [2.05, 4.69) is 22.1 Å². The summed E-state index contributed by atoms with van der Waals surface area (Å²) in [4.78, 5) is 21.8. The number of benzene rings is 1. The number of pyridine rings is 1. The molecule has 1 saturated heterocycles. The Morgan fingerprint density at radius 1 is 1.16 bits per heavy atom. The van der Waals surface area contributed by atoms with Gasteiger partial charge in [0.25, 0.3) is 0 Å². The summed E-state index contributed by atoms with van der Waals surface area (Å²) in [6, 6.07) is 16.0. The number of piperidine rings is 1. The molecule has 0 spiro atoms. The van der Waals surface area contributed by atoms with Crippen LogP contribution in [0.4, 0.5) is 4.79 Å². The number of amides is 1. The summed E-state index contributed by atoms with van der Waals surface area (Å²) in [5, 5.41) is 1.14. The minimum absolute atomic E-state index is 0.222. The van der Waals surface area contributed by atoms with E-state index in [0.29, 0.717) is 12.5 Å². The number of hydrogen-bond donors (Lipinski definition) is 1. The number of ether oxygens (including phenoxy) is 1. The zero-order valence-corrected chi connectivity index (χ0v) is 14.0. The van der Waals surface area contributed by atoms with Crippen LogP contribution in [0.1, 0.15) is 30.0 Å². The summed E-state index contributed by atoms with van der Waals surface area (Å²) >= 11 is 0. The molecular weight excluding hydrogens is 314 g/mol. The third-order valence-corrected chi connectivity index (χ3v) is 4.81. The molecule has 0 saturated carbocycles. The molecular formula is C20H21N3O2. The lowest BCUT2D eigenvalue weighted by Crippen LogP contribution is -2.38. The van der Waals surface area contributed by atoms with Crippen LogP contribution >= 0.6 is 0 Å². The number of fused-ring (bicyclic) bond motifs is 1. The van der Waals surface area contributed by atoms with Crippen molar-refractivity contribution in [1.29, 1.82) is 0 Å². The Balaban J connectivity index is 1.32. The van der Waals surface area contributed by atoms with Gasteiger partial charge >= 0.3 is 6.09 Å². The number of likely N-dealkylation sites (tertiary alicyclic amines) is 1. The predicted octanol–water partition coefficient (Wildman–Crippen LogP) is 4.08. The van der Waals surface area contributed by atoms with E-state index in [-0.39, 0.29) is 6.09 Å². The molecule has 0 unspecified atom stereocenters. The van der Waals surface area contributed by atoms with Crippen LogP contribution in [-0.4, -0.2) is 34.1 Å². The standard InChI is InChI=1S/C20H21N3O2/c24-20(25-14-15-5-2-1-3-6-15)23-11-8-16(9-12-23)18-13-17-7-4-10-21-19(17)22-18/h1-7,10,13,16H,8-9,11-12,14H2,(H,21,22). The number of carbonyl (C=O) groups is 1. The fourth-order valence-electron chi connectivity index (χ4n) is 3.38. The fourth-order valence-corrected chi connectivity index (χ4v) is 3.38. The molecule has 1 fully saturated rings. The Bertz CT molecular complexity index is 819. The van der Waals surface area contributed by atoms with Crippen molar-refractivity contribution in [2.24, 2.45) is 0 Å². The highest BCUT2D eigenvalue weighted by molar-refractivity contribution is 5.76. The number of carbonyl (C=O) groups excluding carboxylic acids is 1. The second kappa shape index (κ2) is 6.97. The van der Waals surface area contributed by atoms with E-state index in [1.165, 1.54) is 5.69 Å². The van der Waals surface area contributed by atoms with Crippen LogP contribution in [0.5, 0.6) is 0 Å². The molecule has 0 atom stereocenters. The Morgan fingerprint density at radius 2 is 1.96 bits per heavy atom. The Kier molecular flexibility index (Phi) is 4.37. The molecule has 2 aromatic heterocycles. The first-order valence-corrected chi connectivity index (χ1v) is 8.69. The SMILES string of the molecule is O=C(OCc1ccccc1)N1CCC(c2cc3cccnc3[nH]2)CC1. The van der Waals surface area contributed by atoms with Crippen molar-refractivity contribution < 1.29 is 9.53 Å². The highest BCUT2D eigenvalue weighted by atomic mass is 16.6. The third kappa shape index (κ3) is 3.50. The first-order valence-electron chi connectivity index (χ1n) is 8.69. The van der Waals surface area contributed by atoms with E-state index < -0.39 is 0 Å².